The van der Waals surface area contributed by atoms with E-state index in [2.05, 4.69) is 22.9 Å². The topological polar surface area (TPSA) is 42.2 Å². The van der Waals surface area contributed by atoms with Crippen molar-refractivity contribution in [1.82, 2.24) is 9.88 Å². The molecule has 1 aromatic heterocycles. The van der Waals surface area contributed by atoms with E-state index in [0.717, 1.165) is 19.5 Å². The lowest BCUT2D eigenvalue weighted by molar-refractivity contribution is 0.159. The van der Waals surface area contributed by atoms with Crippen molar-refractivity contribution in [2.75, 3.05) is 13.1 Å². The Hall–Kier alpha value is -0.350. The number of piperidine rings is 1. The van der Waals surface area contributed by atoms with Crippen molar-refractivity contribution in [3.8, 4) is 0 Å². The molecule has 1 aromatic rings. The Morgan fingerprint density at radius 2 is 2.24 bits per heavy atom. The second kappa shape index (κ2) is 7.88. The van der Waals surface area contributed by atoms with Gasteiger partial charge in [0.1, 0.15) is 0 Å². The normalized spacial score (nSPS) is 22.1. The third-order valence-corrected chi connectivity index (χ3v) is 3.20. The Balaban J connectivity index is 0.00000128. The molecule has 2 N–H and O–H groups in total. The summed E-state index contributed by atoms with van der Waals surface area (Å²) < 4.78 is 0. The van der Waals surface area contributed by atoms with E-state index in [1.807, 2.05) is 18.5 Å². The number of nitrogens with zero attached hydrogens (tertiary/aromatic N) is 2. The van der Waals surface area contributed by atoms with E-state index in [1.54, 1.807) is 0 Å². The predicted molar refractivity (Wildman–Crippen MR) is 75.9 cm³/mol. The molecule has 2 unspecified atom stereocenters. The molecule has 0 radical (unpaired) electrons. The lowest BCUT2D eigenvalue weighted by atomic mass is 10.0. The number of halogens is 2. The van der Waals surface area contributed by atoms with Gasteiger partial charge in [-0.2, -0.15) is 0 Å². The van der Waals surface area contributed by atoms with Crippen LogP contribution >= 0.6 is 24.8 Å². The van der Waals surface area contributed by atoms with E-state index in [4.69, 9.17) is 5.73 Å². The van der Waals surface area contributed by atoms with Crippen molar-refractivity contribution in [1.29, 1.82) is 0 Å². The Morgan fingerprint density at radius 3 is 2.82 bits per heavy atom. The predicted octanol–water partition coefficient (Wildman–Crippen LogP) is 2.41. The molecule has 0 aromatic carbocycles. The molecule has 1 aliphatic heterocycles. The molecule has 17 heavy (non-hydrogen) atoms. The molecular formula is C12H21Cl2N3. The molecule has 2 heterocycles. The maximum Gasteiger partial charge on any atom is 0.0335 e. The fourth-order valence-corrected chi connectivity index (χ4v) is 2.23. The van der Waals surface area contributed by atoms with Gasteiger partial charge >= 0.3 is 0 Å². The minimum Gasteiger partial charge on any atom is -0.327 e. The summed E-state index contributed by atoms with van der Waals surface area (Å²) in [4.78, 5) is 6.61. The van der Waals surface area contributed by atoms with Crippen molar-refractivity contribution in [2.24, 2.45) is 5.73 Å². The molecule has 0 aliphatic carbocycles. The summed E-state index contributed by atoms with van der Waals surface area (Å²) in [5.74, 6) is 0. The van der Waals surface area contributed by atoms with Crippen LogP contribution < -0.4 is 5.73 Å². The van der Waals surface area contributed by atoms with Crippen LogP contribution in [0.25, 0.3) is 0 Å². The zero-order valence-corrected chi connectivity index (χ0v) is 11.7. The highest BCUT2D eigenvalue weighted by Crippen LogP contribution is 2.22. The lowest BCUT2D eigenvalue weighted by Gasteiger charge is -2.35. The van der Waals surface area contributed by atoms with Gasteiger partial charge in [0.2, 0.25) is 0 Å². The first kappa shape index (κ1) is 16.6. The summed E-state index contributed by atoms with van der Waals surface area (Å²) in [6.45, 7) is 4.40. The highest BCUT2D eigenvalue weighted by Gasteiger charge is 2.21. The number of rotatable bonds is 2. The van der Waals surface area contributed by atoms with E-state index < -0.39 is 0 Å². The first-order valence-electron chi connectivity index (χ1n) is 5.67. The van der Waals surface area contributed by atoms with Gasteiger partial charge in [-0.25, -0.2) is 0 Å². The molecule has 0 spiro atoms. The fraction of sp³-hybridized carbons (Fsp3) is 0.583. The zero-order chi connectivity index (χ0) is 10.7. The van der Waals surface area contributed by atoms with Gasteiger partial charge in [-0.15, -0.1) is 24.8 Å². The Labute approximate surface area is 116 Å². The van der Waals surface area contributed by atoms with Crippen LogP contribution in [0.2, 0.25) is 0 Å². The molecule has 3 nitrogen and oxygen atoms in total. The Morgan fingerprint density at radius 1 is 1.47 bits per heavy atom. The molecular weight excluding hydrogens is 257 g/mol. The molecule has 1 fully saturated rings. The van der Waals surface area contributed by atoms with Gasteiger partial charge in [0.05, 0.1) is 0 Å². The van der Waals surface area contributed by atoms with Crippen molar-refractivity contribution < 1.29 is 0 Å². The number of hydrogen-bond acceptors (Lipinski definition) is 3. The molecule has 0 bridgehead atoms. The molecule has 98 valence electrons. The summed E-state index contributed by atoms with van der Waals surface area (Å²) in [7, 11) is 0. The minimum absolute atomic E-state index is 0. The molecule has 0 saturated carbocycles. The van der Waals surface area contributed by atoms with E-state index in [-0.39, 0.29) is 24.8 Å². The first-order chi connectivity index (χ1) is 7.27. The Kier molecular flexibility index (Phi) is 7.71. The summed E-state index contributed by atoms with van der Waals surface area (Å²) in [5, 5.41) is 0. The van der Waals surface area contributed by atoms with Crippen LogP contribution in [0.4, 0.5) is 0 Å². The molecule has 2 atom stereocenters. The van der Waals surface area contributed by atoms with E-state index in [1.165, 1.54) is 12.0 Å². The van der Waals surface area contributed by atoms with E-state index >= 15 is 0 Å². The van der Waals surface area contributed by atoms with E-state index in [0.29, 0.717) is 12.1 Å². The van der Waals surface area contributed by atoms with Crippen molar-refractivity contribution in [2.45, 2.75) is 31.8 Å². The molecule has 1 aliphatic rings. The summed E-state index contributed by atoms with van der Waals surface area (Å²) in [6, 6.07) is 4.91. The second-order valence-corrected chi connectivity index (χ2v) is 4.36. The number of pyridine rings is 1. The smallest absolute Gasteiger partial charge is 0.0335 e. The summed E-state index contributed by atoms with van der Waals surface area (Å²) in [6.07, 6.45) is 6.14. The number of nitrogens with two attached hydrogens (primary N) is 1. The van der Waals surface area contributed by atoms with Crippen LogP contribution in [-0.4, -0.2) is 29.0 Å². The number of aromatic nitrogens is 1. The van der Waals surface area contributed by atoms with E-state index in [9.17, 15) is 0 Å². The molecule has 0 amide bonds. The van der Waals surface area contributed by atoms with Crippen LogP contribution in [-0.2, 0) is 0 Å². The lowest BCUT2D eigenvalue weighted by Crippen LogP contribution is -2.43. The highest BCUT2D eigenvalue weighted by atomic mass is 35.5. The third kappa shape index (κ3) is 4.43. The quantitative estimate of drug-likeness (QED) is 0.903. The fourth-order valence-electron chi connectivity index (χ4n) is 2.23. The van der Waals surface area contributed by atoms with Gasteiger partial charge in [0, 0.05) is 31.0 Å². The molecule has 5 heteroatoms. The first-order valence-corrected chi connectivity index (χ1v) is 5.67. The van der Waals surface area contributed by atoms with Crippen LogP contribution in [0, 0.1) is 0 Å². The maximum atomic E-state index is 5.98. The average molecular weight is 278 g/mol. The van der Waals surface area contributed by atoms with Crippen molar-refractivity contribution >= 4 is 24.8 Å². The van der Waals surface area contributed by atoms with Crippen molar-refractivity contribution in [3.63, 3.8) is 0 Å². The van der Waals surface area contributed by atoms with Gasteiger partial charge in [-0.05, 0) is 37.9 Å². The second-order valence-electron chi connectivity index (χ2n) is 4.36. The summed E-state index contributed by atoms with van der Waals surface area (Å²) >= 11 is 0. The monoisotopic (exact) mass is 277 g/mol. The maximum absolute atomic E-state index is 5.98. The SMILES string of the molecule is CC(c1cccnc1)N1CCCC(N)C1.Cl.Cl. The van der Waals surface area contributed by atoms with Crippen LogP contribution in [0.5, 0.6) is 0 Å². The van der Waals surface area contributed by atoms with Gasteiger partial charge in [-0.3, -0.25) is 9.88 Å². The number of likely N-dealkylation sites (tertiary alicyclic amines) is 1. The van der Waals surface area contributed by atoms with Gasteiger partial charge in [0.15, 0.2) is 0 Å². The highest BCUT2D eigenvalue weighted by molar-refractivity contribution is 5.85. The zero-order valence-electron chi connectivity index (χ0n) is 10.1. The molecule has 2 rings (SSSR count). The van der Waals surface area contributed by atoms with Crippen LogP contribution in [0.1, 0.15) is 31.4 Å². The Bertz CT molecular complexity index is 308. The molecule has 1 saturated heterocycles. The number of hydrogen-bond donors (Lipinski definition) is 1. The van der Waals surface area contributed by atoms with Crippen LogP contribution in [0.3, 0.4) is 0 Å². The standard InChI is InChI=1S/C12H19N3.2ClH/c1-10(11-4-2-6-14-8-11)15-7-3-5-12(13)9-15;;/h2,4,6,8,10,12H,3,5,7,9,13H2,1H3;2*1H. The third-order valence-electron chi connectivity index (χ3n) is 3.20. The van der Waals surface area contributed by atoms with Gasteiger partial charge in [-0.1, -0.05) is 6.07 Å². The largest absolute Gasteiger partial charge is 0.327 e. The van der Waals surface area contributed by atoms with Gasteiger partial charge < -0.3 is 5.73 Å². The van der Waals surface area contributed by atoms with Crippen molar-refractivity contribution in [3.05, 3.63) is 30.1 Å². The van der Waals surface area contributed by atoms with Gasteiger partial charge in [0.25, 0.3) is 0 Å². The minimum atomic E-state index is 0. The summed E-state index contributed by atoms with van der Waals surface area (Å²) in [5.41, 5.74) is 7.27. The van der Waals surface area contributed by atoms with Crippen LogP contribution in [0.15, 0.2) is 24.5 Å². The average Bonchev–Trinajstić information content (AvgIpc) is 2.29.